The van der Waals surface area contributed by atoms with Crippen LogP contribution in [0.2, 0.25) is 0 Å². The van der Waals surface area contributed by atoms with Gasteiger partial charge in [0.15, 0.2) is 0 Å². The molecule has 0 saturated heterocycles. The van der Waals surface area contributed by atoms with E-state index < -0.39 is 0 Å². The minimum atomic E-state index is -0.231. The summed E-state index contributed by atoms with van der Waals surface area (Å²) in [6.45, 7) is 12.7. The topological polar surface area (TPSA) is 40.5 Å². The number of aliphatic hydroxyl groups is 1. The fraction of sp³-hybridized carbons (Fsp3) is 0.600. The summed E-state index contributed by atoms with van der Waals surface area (Å²) in [5, 5.41) is 20.8. The standard InChI is InChI=1S/C20H28O2/c1-6-13-12(2)16(21)11-15-14(13)7-8-17-19(3,4)18(22)9-10-20(15,17)5/h6,11,17-18,21-22H,1,7-10H2,2-5H3/t17-,18-,20+/m1/s1. The maximum absolute atomic E-state index is 10.5. The van der Waals surface area contributed by atoms with E-state index in [2.05, 4.69) is 27.4 Å². The highest BCUT2D eigenvalue weighted by Crippen LogP contribution is 2.58. The maximum atomic E-state index is 10.5. The molecule has 22 heavy (non-hydrogen) atoms. The van der Waals surface area contributed by atoms with Crippen molar-refractivity contribution >= 4 is 6.08 Å². The fourth-order valence-electron chi connectivity index (χ4n) is 5.23. The van der Waals surface area contributed by atoms with Gasteiger partial charge in [-0.2, -0.15) is 0 Å². The lowest BCUT2D eigenvalue weighted by molar-refractivity contribution is -0.0731. The molecule has 0 aliphatic heterocycles. The van der Waals surface area contributed by atoms with Crippen LogP contribution in [0.15, 0.2) is 12.6 Å². The van der Waals surface area contributed by atoms with Gasteiger partial charge in [-0.3, -0.25) is 0 Å². The van der Waals surface area contributed by atoms with Crippen LogP contribution in [0, 0.1) is 18.3 Å². The van der Waals surface area contributed by atoms with Crippen LogP contribution in [0.1, 0.15) is 62.3 Å². The minimum Gasteiger partial charge on any atom is -0.508 e. The number of benzene rings is 1. The Morgan fingerprint density at radius 1 is 1.27 bits per heavy atom. The summed E-state index contributed by atoms with van der Waals surface area (Å²) in [4.78, 5) is 0. The molecule has 120 valence electrons. The van der Waals surface area contributed by atoms with E-state index in [4.69, 9.17) is 0 Å². The van der Waals surface area contributed by atoms with Crippen LogP contribution in [0.5, 0.6) is 5.75 Å². The summed E-state index contributed by atoms with van der Waals surface area (Å²) in [6, 6.07) is 1.98. The lowest BCUT2D eigenvalue weighted by Gasteiger charge is -2.56. The van der Waals surface area contributed by atoms with Crippen LogP contribution < -0.4 is 0 Å². The van der Waals surface area contributed by atoms with Crippen LogP contribution in [0.25, 0.3) is 6.08 Å². The monoisotopic (exact) mass is 300 g/mol. The van der Waals surface area contributed by atoms with Crippen molar-refractivity contribution in [3.05, 3.63) is 34.9 Å². The molecule has 0 unspecified atom stereocenters. The van der Waals surface area contributed by atoms with Crippen molar-refractivity contribution in [2.24, 2.45) is 11.3 Å². The van der Waals surface area contributed by atoms with Crippen LogP contribution in [0.4, 0.5) is 0 Å². The third-order valence-electron chi connectivity index (χ3n) is 6.69. The normalized spacial score (nSPS) is 33.0. The zero-order valence-corrected chi connectivity index (χ0v) is 14.2. The number of aromatic hydroxyl groups is 1. The lowest BCUT2D eigenvalue weighted by Crippen LogP contribution is -2.53. The zero-order chi connectivity index (χ0) is 16.3. The maximum Gasteiger partial charge on any atom is 0.119 e. The average Bonchev–Trinajstić information content (AvgIpc) is 2.46. The number of aliphatic hydroxyl groups excluding tert-OH is 1. The first kappa shape index (κ1) is 15.6. The SMILES string of the molecule is C=Cc1c(C)c(O)cc2c1CC[C@@H]1C(C)(C)[C@H](O)CC[C@@]21C. The Hall–Kier alpha value is -1.28. The predicted molar refractivity (Wildman–Crippen MR) is 91.1 cm³/mol. The largest absolute Gasteiger partial charge is 0.508 e. The van der Waals surface area contributed by atoms with Gasteiger partial charge in [-0.05, 0) is 77.7 Å². The minimum absolute atomic E-state index is 0.0270. The predicted octanol–water partition coefficient (Wildman–Crippen LogP) is 4.34. The van der Waals surface area contributed by atoms with Gasteiger partial charge >= 0.3 is 0 Å². The Labute approximate surface area is 133 Å². The zero-order valence-electron chi connectivity index (χ0n) is 14.2. The van der Waals surface area contributed by atoms with Crippen molar-refractivity contribution in [1.29, 1.82) is 0 Å². The second-order valence-electron chi connectivity index (χ2n) is 8.05. The van der Waals surface area contributed by atoms with Gasteiger partial charge in [0.25, 0.3) is 0 Å². The van der Waals surface area contributed by atoms with E-state index in [0.717, 1.165) is 36.8 Å². The Morgan fingerprint density at radius 2 is 1.95 bits per heavy atom. The Kier molecular flexibility index (Phi) is 3.45. The highest BCUT2D eigenvalue weighted by molar-refractivity contribution is 5.64. The van der Waals surface area contributed by atoms with Crippen LogP contribution in [0.3, 0.4) is 0 Å². The molecule has 2 nitrogen and oxygen atoms in total. The molecule has 2 N–H and O–H groups in total. The highest BCUT2D eigenvalue weighted by atomic mass is 16.3. The molecule has 2 heteroatoms. The number of hydrogen-bond donors (Lipinski definition) is 2. The number of hydrogen-bond acceptors (Lipinski definition) is 2. The summed E-state index contributed by atoms with van der Waals surface area (Å²) in [7, 11) is 0. The van der Waals surface area contributed by atoms with E-state index in [1.54, 1.807) is 0 Å². The summed E-state index contributed by atoms with van der Waals surface area (Å²) >= 11 is 0. The molecule has 1 saturated carbocycles. The van der Waals surface area contributed by atoms with E-state index in [1.165, 1.54) is 11.1 Å². The lowest BCUT2D eigenvalue weighted by atomic mass is 9.49. The highest BCUT2D eigenvalue weighted by Gasteiger charge is 2.53. The molecule has 0 aromatic heterocycles. The van der Waals surface area contributed by atoms with Crippen molar-refractivity contribution in [1.82, 2.24) is 0 Å². The second-order valence-corrected chi connectivity index (χ2v) is 8.05. The van der Waals surface area contributed by atoms with E-state index in [1.807, 2.05) is 19.1 Å². The molecule has 1 fully saturated rings. The van der Waals surface area contributed by atoms with Crippen LogP contribution in [-0.4, -0.2) is 16.3 Å². The van der Waals surface area contributed by atoms with Crippen molar-refractivity contribution in [3.8, 4) is 5.75 Å². The van der Waals surface area contributed by atoms with E-state index in [9.17, 15) is 10.2 Å². The molecule has 3 rings (SSSR count). The molecule has 0 heterocycles. The number of fused-ring (bicyclic) bond motifs is 3. The first-order chi connectivity index (χ1) is 10.2. The van der Waals surface area contributed by atoms with E-state index >= 15 is 0 Å². The summed E-state index contributed by atoms with van der Waals surface area (Å²) in [5.41, 5.74) is 4.63. The molecule has 1 aromatic rings. The molecule has 0 radical (unpaired) electrons. The molecule has 1 aromatic carbocycles. The molecule has 0 bridgehead atoms. The molecular formula is C20H28O2. The molecule has 0 amide bonds. The van der Waals surface area contributed by atoms with Gasteiger partial charge in [-0.25, -0.2) is 0 Å². The Balaban J connectivity index is 2.22. The van der Waals surface area contributed by atoms with Gasteiger partial charge in [0, 0.05) is 0 Å². The van der Waals surface area contributed by atoms with Gasteiger partial charge in [0.2, 0.25) is 0 Å². The molecule has 3 atom stereocenters. The molecular weight excluding hydrogens is 272 g/mol. The Bertz CT molecular complexity index is 629. The summed E-state index contributed by atoms with van der Waals surface area (Å²) in [6.07, 6.45) is 5.57. The van der Waals surface area contributed by atoms with Gasteiger partial charge in [0.05, 0.1) is 6.10 Å². The van der Waals surface area contributed by atoms with Gasteiger partial charge in [-0.15, -0.1) is 0 Å². The fourth-order valence-corrected chi connectivity index (χ4v) is 5.23. The first-order valence-corrected chi connectivity index (χ1v) is 8.40. The van der Waals surface area contributed by atoms with Crippen LogP contribution >= 0.6 is 0 Å². The summed E-state index contributed by atoms with van der Waals surface area (Å²) in [5.74, 6) is 0.815. The van der Waals surface area contributed by atoms with Crippen LogP contribution in [-0.2, 0) is 11.8 Å². The smallest absolute Gasteiger partial charge is 0.119 e. The number of phenolic OH excluding ortho intramolecular Hbond substituents is 1. The van der Waals surface area contributed by atoms with Gasteiger partial charge in [0.1, 0.15) is 5.75 Å². The Morgan fingerprint density at radius 3 is 2.59 bits per heavy atom. The third kappa shape index (κ3) is 1.89. The number of rotatable bonds is 1. The quantitative estimate of drug-likeness (QED) is 0.809. The van der Waals surface area contributed by atoms with E-state index in [0.29, 0.717) is 11.7 Å². The van der Waals surface area contributed by atoms with Crippen molar-refractivity contribution < 1.29 is 10.2 Å². The van der Waals surface area contributed by atoms with Crippen molar-refractivity contribution in [2.45, 2.75) is 64.9 Å². The van der Waals surface area contributed by atoms with Gasteiger partial charge < -0.3 is 10.2 Å². The average molecular weight is 300 g/mol. The van der Waals surface area contributed by atoms with E-state index in [-0.39, 0.29) is 16.9 Å². The van der Waals surface area contributed by atoms with Crippen molar-refractivity contribution in [2.75, 3.05) is 0 Å². The van der Waals surface area contributed by atoms with Crippen molar-refractivity contribution in [3.63, 3.8) is 0 Å². The summed E-state index contributed by atoms with van der Waals surface area (Å²) < 4.78 is 0. The van der Waals surface area contributed by atoms with Gasteiger partial charge in [-0.1, -0.05) is 33.4 Å². The second kappa shape index (κ2) is 4.86. The third-order valence-corrected chi connectivity index (χ3v) is 6.69. The molecule has 2 aliphatic rings. The number of phenols is 1. The molecule has 0 spiro atoms. The first-order valence-electron chi connectivity index (χ1n) is 8.40. The molecule has 2 aliphatic carbocycles.